The monoisotopic (exact) mass is 174 g/mol. The summed E-state index contributed by atoms with van der Waals surface area (Å²) in [6.07, 6.45) is 0.409. The lowest BCUT2D eigenvalue weighted by Gasteiger charge is -2.34. The van der Waals surface area contributed by atoms with E-state index in [4.69, 9.17) is 14.6 Å². The first-order valence-corrected chi connectivity index (χ1v) is 3.89. The van der Waals surface area contributed by atoms with Crippen molar-refractivity contribution >= 4 is 5.97 Å². The number of rotatable bonds is 2. The zero-order valence-corrected chi connectivity index (χ0v) is 7.59. The summed E-state index contributed by atoms with van der Waals surface area (Å²) in [5.41, 5.74) is -1.92. The lowest BCUT2D eigenvalue weighted by atomic mass is 9.85. The highest BCUT2D eigenvalue weighted by atomic mass is 16.6. The third-order valence-electron chi connectivity index (χ3n) is 2.58. The van der Waals surface area contributed by atoms with Gasteiger partial charge in [0.2, 0.25) is 0 Å². The molecule has 0 amide bonds. The molecule has 0 aromatic heterocycles. The lowest BCUT2D eigenvalue weighted by molar-refractivity contribution is -0.180. The molecule has 4 nitrogen and oxygen atoms in total. The molecule has 1 heterocycles. The molecule has 0 aromatic rings. The van der Waals surface area contributed by atoms with Gasteiger partial charge in [0.05, 0.1) is 6.61 Å². The zero-order chi connectivity index (χ0) is 9.41. The highest BCUT2D eigenvalue weighted by Crippen LogP contribution is 2.38. The van der Waals surface area contributed by atoms with Crippen LogP contribution in [-0.4, -0.2) is 36.0 Å². The maximum Gasteiger partial charge on any atom is 0.339 e. The van der Waals surface area contributed by atoms with Gasteiger partial charge in [0, 0.05) is 13.5 Å². The van der Waals surface area contributed by atoms with Crippen molar-refractivity contribution in [3.8, 4) is 0 Å². The van der Waals surface area contributed by atoms with Crippen molar-refractivity contribution in [3.05, 3.63) is 0 Å². The summed E-state index contributed by atoms with van der Waals surface area (Å²) in [4.78, 5) is 11.0. The smallest absolute Gasteiger partial charge is 0.339 e. The fraction of sp³-hybridized carbons (Fsp3) is 0.875. The van der Waals surface area contributed by atoms with Crippen molar-refractivity contribution in [3.63, 3.8) is 0 Å². The van der Waals surface area contributed by atoms with Crippen LogP contribution < -0.4 is 0 Å². The Labute approximate surface area is 71.5 Å². The summed E-state index contributed by atoms with van der Waals surface area (Å²) in [6.45, 7) is 3.91. The molecule has 0 spiro atoms. The van der Waals surface area contributed by atoms with Crippen LogP contribution in [0.25, 0.3) is 0 Å². The van der Waals surface area contributed by atoms with E-state index >= 15 is 0 Å². The number of hydrogen-bond donors (Lipinski definition) is 1. The predicted molar refractivity (Wildman–Crippen MR) is 42.0 cm³/mol. The summed E-state index contributed by atoms with van der Waals surface area (Å²) in [7, 11) is 1.41. The Morgan fingerprint density at radius 3 is 2.33 bits per heavy atom. The normalized spacial score (nSPS) is 33.6. The fourth-order valence-corrected chi connectivity index (χ4v) is 1.67. The van der Waals surface area contributed by atoms with Crippen molar-refractivity contribution in [2.24, 2.45) is 0 Å². The molecule has 1 atom stereocenters. The third-order valence-corrected chi connectivity index (χ3v) is 2.58. The van der Waals surface area contributed by atoms with Crippen LogP contribution in [0.15, 0.2) is 0 Å². The largest absolute Gasteiger partial charge is 0.479 e. The van der Waals surface area contributed by atoms with Crippen LogP contribution in [0.4, 0.5) is 0 Å². The second kappa shape index (κ2) is 2.71. The van der Waals surface area contributed by atoms with Crippen molar-refractivity contribution in [1.82, 2.24) is 0 Å². The van der Waals surface area contributed by atoms with Crippen LogP contribution in [0.3, 0.4) is 0 Å². The Kier molecular flexibility index (Phi) is 2.14. The van der Waals surface area contributed by atoms with Gasteiger partial charge in [-0.15, -0.1) is 0 Å². The second-order valence-electron chi connectivity index (χ2n) is 3.45. The van der Waals surface area contributed by atoms with Crippen LogP contribution in [0.2, 0.25) is 0 Å². The highest BCUT2D eigenvalue weighted by Gasteiger charge is 2.56. The standard InChI is InChI=1S/C8H14O4/c1-7(2)8(11-3,6(9)10)4-5-12-7/h4-5H2,1-3H3,(H,9,10). The number of hydrogen-bond acceptors (Lipinski definition) is 3. The minimum atomic E-state index is -1.17. The minimum absolute atomic E-state index is 0.409. The number of ether oxygens (including phenoxy) is 2. The summed E-state index contributed by atoms with van der Waals surface area (Å²) in [5.74, 6) is -0.951. The molecule has 70 valence electrons. The van der Waals surface area contributed by atoms with E-state index in [0.717, 1.165) is 0 Å². The minimum Gasteiger partial charge on any atom is -0.479 e. The van der Waals surface area contributed by atoms with E-state index in [0.29, 0.717) is 13.0 Å². The van der Waals surface area contributed by atoms with E-state index in [9.17, 15) is 4.79 Å². The van der Waals surface area contributed by atoms with E-state index in [2.05, 4.69) is 0 Å². The number of methoxy groups -OCH3 is 1. The molecule has 0 bridgehead atoms. The number of aliphatic carboxylic acids is 1. The van der Waals surface area contributed by atoms with Crippen molar-refractivity contribution in [2.45, 2.75) is 31.5 Å². The Hall–Kier alpha value is -0.610. The lowest BCUT2D eigenvalue weighted by Crippen LogP contribution is -2.54. The first kappa shape index (κ1) is 9.48. The molecular formula is C8H14O4. The number of carboxylic acids is 1. The Morgan fingerprint density at radius 1 is 1.58 bits per heavy atom. The maximum absolute atomic E-state index is 11.0. The predicted octanol–water partition coefficient (Wildman–Crippen LogP) is 0.655. The first-order chi connectivity index (χ1) is 5.46. The first-order valence-electron chi connectivity index (χ1n) is 3.89. The Morgan fingerprint density at radius 2 is 2.17 bits per heavy atom. The van der Waals surface area contributed by atoms with Gasteiger partial charge in [-0.3, -0.25) is 0 Å². The molecule has 1 aliphatic rings. The third kappa shape index (κ3) is 1.03. The molecule has 1 N–H and O–H groups in total. The zero-order valence-electron chi connectivity index (χ0n) is 7.59. The van der Waals surface area contributed by atoms with Gasteiger partial charge in [-0.1, -0.05) is 0 Å². The molecule has 0 aliphatic carbocycles. The van der Waals surface area contributed by atoms with Crippen LogP contribution >= 0.6 is 0 Å². The SMILES string of the molecule is COC1(C(=O)O)CCOC1(C)C. The van der Waals surface area contributed by atoms with Crippen LogP contribution in [0.5, 0.6) is 0 Å². The molecule has 1 rings (SSSR count). The van der Waals surface area contributed by atoms with E-state index < -0.39 is 17.2 Å². The van der Waals surface area contributed by atoms with Crippen LogP contribution in [0, 0.1) is 0 Å². The van der Waals surface area contributed by atoms with E-state index in [1.54, 1.807) is 13.8 Å². The van der Waals surface area contributed by atoms with Crippen molar-refractivity contribution in [1.29, 1.82) is 0 Å². The Balaban J connectivity index is 3.00. The van der Waals surface area contributed by atoms with E-state index in [1.165, 1.54) is 7.11 Å². The molecule has 1 fully saturated rings. The summed E-state index contributed by atoms with van der Waals surface area (Å²) < 4.78 is 10.4. The van der Waals surface area contributed by atoms with Gasteiger partial charge in [-0.25, -0.2) is 4.79 Å². The second-order valence-corrected chi connectivity index (χ2v) is 3.45. The molecule has 4 heteroatoms. The molecule has 1 unspecified atom stereocenters. The fourth-order valence-electron chi connectivity index (χ4n) is 1.67. The molecule has 0 aromatic carbocycles. The van der Waals surface area contributed by atoms with E-state index in [-0.39, 0.29) is 0 Å². The average molecular weight is 174 g/mol. The van der Waals surface area contributed by atoms with Crippen molar-refractivity contribution in [2.75, 3.05) is 13.7 Å². The van der Waals surface area contributed by atoms with Gasteiger partial charge in [0.15, 0.2) is 5.60 Å². The summed E-state index contributed by atoms with van der Waals surface area (Å²) in [5, 5.41) is 8.99. The van der Waals surface area contributed by atoms with Crippen LogP contribution in [-0.2, 0) is 14.3 Å². The van der Waals surface area contributed by atoms with Gasteiger partial charge in [0.1, 0.15) is 5.60 Å². The molecule has 0 saturated carbocycles. The molecule has 1 aliphatic heterocycles. The van der Waals surface area contributed by atoms with Crippen molar-refractivity contribution < 1.29 is 19.4 Å². The highest BCUT2D eigenvalue weighted by molar-refractivity contribution is 5.79. The quantitative estimate of drug-likeness (QED) is 0.668. The molecule has 0 radical (unpaired) electrons. The van der Waals surface area contributed by atoms with Gasteiger partial charge >= 0.3 is 5.97 Å². The number of carbonyl (C=O) groups is 1. The number of carboxylic acid groups (broad SMARTS) is 1. The van der Waals surface area contributed by atoms with E-state index in [1.807, 2.05) is 0 Å². The summed E-state index contributed by atoms with van der Waals surface area (Å²) >= 11 is 0. The average Bonchev–Trinajstić information content (AvgIpc) is 2.25. The summed E-state index contributed by atoms with van der Waals surface area (Å²) in [6, 6.07) is 0. The topological polar surface area (TPSA) is 55.8 Å². The van der Waals surface area contributed by atoms with Gasteiger partial charge in [-0.2, -0.15) is 0 Å². The molecule has 1 saturated heterocycles. The van der Waals surface area contributed by atoms with Gasteiger partial charge < -0.3 is 14.6 Å². The van der Waals surface area contributed by atoms with Crippen LogP contribution in [0.1, 0.15) is 20.3 Å². The maximum atomic E-state index is 11.0. The molecular weight excluding hydrogens is 160 g/mol. The molecule has 12 heavy (non-hydrogen) atoms. The van der Waals surface area contributed by atoms with Gasteiger partial charge in [-0.05, 0) is 13.8 Å². The van der Waals surface area contributed by atoms with Gasteiger partial charge in [0.25, 0.3) is 0 Å². The Bertz CT molecular complexity index is 199.